The van der Waals surface area contributed by atoms with E-state index in [1.54, 1.807) is 12.1 Å². The molecule has 1 aromatic carbocycles. The average Bonchev–Trinajstić information content (AvgIpc) is 2.69. The van der Waals surface area contributed by atoms with Crippen molar-refractivity contribution in [2.24, 2.45) is 0 Å². The van der Waals surface area contributed by atoms with Gasteiger partial charge in [-0.3, -0.25) is 0 Å². The number of piperazine rings is 1. The van der Waals surface area contributed by atoms with E-state index in [1.807, 2.05) is 12.1 Å². The first-order valence-electron chi connectivity index (χ1n) is 10.5. The van der Waals surface area contributed by atoms with Crippen LogP contribution < -0.4 is 4.90 Å². The van der Waals surface area contributed by atoms with E-state index >= 15 is 0 Å². The Labute approximate surface area is 186 Å². The van der Waals surface area contributed by atoms with Crippen molar-refractivity contribution in [3.8, 4) is 11.1 Å². The van der Waals surface area contributed by atoms with Crippen molar-refractivity contribution in [2.45, 2.75) is 45.4 Å². The second-order valence-electron chi connectivity index (χ2n) is 7.80. The fraction of sp³-hybridized carbons (Fsp3) is 0.522. The van der Waals surface area contributed by atoms with Gasteiger partial charge in [0.15, 0.2) is 0 Å². The quantitative estimate of drug-likeness (QED) is 0.626. The number of fused-ring (bicyclic) bond motifs is 1. The van der Waals surface area contributed by atoms with Gasteiger partial charge < -0.3 is 9.80 Å². The minimum Gasteiger partial charge on any atom is -0.354 e. The standard InChI is InChI=1S/C23H30FN3.2ClH/c1-2-26-13-15-27(16-14-26)23-17-21(18-9-11-19(24)12-10-18)20-7-5-3-4-6-8-22(20)25-23;;/h9-12,17H,2-8,13-16H2,1H3;2*1H. The van der Waals surface area contributed by atoms with Gasteiger partial charge in [-0.15, -0.1) is 24.8 Å². The van der Waals surface area contributed by atoms with E-state index in [0.29, 0.717) is 0 Å². The highest BCUT2D eigenvalue weighted by Crippen LogP contribution is 2.33. The van der Waals surface area contributed by atoms with E-state index in [4.69, 9.17) is 4.98 Å². The van der Waals surface area contributed by atoms with E-state index in [0.717, 1.165) is 56.9 Å². The van der Waals surface area contributed by atoms with Crippen molar-refractivity contribution < 1.29 is 4.39 Å². The van der Waals surface area contributed by atoms with Gasteiger partial charge in [0, 0.05) is 31.9 Å². The first-order valence-corrected chi connectivity index (χ1v) is 10.5. The fourth-order valence-corrected chi connectivity index (χ4v) is 4.39. The topological polar surface area (TPSA) is 19.4 Å². The monoisotopic (exact) mass is 439 g/mol. The third-order valence-corrected chi connectivity index (χ3v) is 6.09. The Morgan fingerprint density at radius 3 is 2.21 bits per heavy atom. The molecule has 3 nitrogen and oxygen atoms in total. The molecule has 1 aliphatic carbocycles. The van der Waals surface area contributed by atoms with Crippen LogP contribution in [0.2, 0.25) is 0 Å². The number of pyridine rings is 1. The third-order valence-electron chi connectivity index (χ3n) is 6.09. The molecule has 0 amide bonds. The number of aryl methyl sites for hydroxylation is 1. The van der Waals surface area contributed by atoms with Gasteiger partial charge in [0.2, 0.25) is 0 Å². The Hall–Kier alpha value is -1.36. The van der Waals surface area contributed by atoms with Crippen molar-refractivity contribution in [1.29, 1.82) is 0 Å². The number of hydrogen-bond acceptors (Lipinski definition) is 3. The van der Waals surface area contributed by atoms with Crippen molar-refractivity contribution in [2.75, 3.05) is 37.6 Å². The van der Waals surface area contributed by atoms with Crippen molar-refractivity contribution in [1.82, 2.24) is 9.88 Å². The smallest absolute Gasteiger partial charge is 0.129 e. The second-order valence-corrected chi connectivity index (χ2v) is 7.80. The summed E-state index contributed by atoms with van der Waals surface area (Å²) in [5, 5.41) is 0. The van der Waals surface area contributed by atoms with Gasteiger partial charge in [0.05, 0.1) is 0 Å². The predicted octanol–water partition coefficient (Wildman–Crippen LogP) is 5.53. The van der Waals surface area contributed by atoms with E-state index in [9.17, 15) is 4.39 Å². The van der Waals surface area contributed by atoms with Crippen molar-refractivity contribution in [3.63, 3.8) is 0 Å². The van der Waals surface area contributed by atoms with E-state index in [1.165, 1.54) is 42.5 Å². The van der Waals surface area contributed by atoms with Gasteiger partial charge in [0.1, 0.15) is 11.6 Å². The lowest BCUT2D eigenvalue weighted by atomic mass is 9.90. The van der Waals surface area contributed by atoms with Crippen LogP contribution >= 0.6 is 24.8 Å². The highest BCUT2D eigenvalue weighted by Gasteiger charge is 2.21. The molecule has 6 heteroatoms. The maximum absolute atomic E-state index is 13.5. The molecule has 4 rings (SSSR count). The minimum absolute atomic E-state index is 0. The summed E-state index contributed by atoms with van der Waals surface area (Å²) in [6.07, 6.45) is 7.17. The zero-order valence-electron chi connectivity index (χ0n) is 17.2. The highest BCUT2D eigenvalue weighted by molar-refractivity contribution is 5.85. The van der Waals surface area contributed by atoms with Gasteiger partial charge in [-0.05, 0) is 67.1 Å². The molecule has 0 spiro atoms. The Morgan fingerprint density at radius 1 is 0.897 bits per heavy atom. The fourth-order valence-electron chi connectivity index (χ4n) is 4.39. The summed E-state index contributed by atoms with van der Waals surface area (Å²) in [5.41, 5.74) is 5.03. The van der Waals surface area contributed by atoms with E-state index in [2.05, 4.69) is 22.8 Å². The molecule has 0 bridgehead atoms. The molecule has 160 valence electrons. The number of nitrogens with zero attached hydrogens (tertiary/aromatic N) is 3. The Morgan fingerprint density at radius 2 is 1.55 bits per heavy atom. The number of likely N-dealkylation sites (N-methyl/N-ethyl adjacent to an activating group) is 1. The molecule has 0 saturated carbocycles. The summed E-state index contributed by atoms with van der Waals surface area (Å²) in [6, 6.07) is 9.25. The molecular formula is C23H32Cl2FN3. The summed E-state index contributed by atoms with van der Waals surface area (Å²) in [6.45, 7) is 7.60. The molecule has 0 atom stereocenters. The molecule has 1 aliphatic heterocycles. The van der Waals surface area contributed by atoms with Crippen LogP contribution in [0.1, 0.15) is 43.9 Å². The molecule has 0 N–H and O–H groups in total. The van der Waals surface area contributed by atoms with Gasteiger partial charge in [0.25, 0.3) is 0 Å². The van der Waals surface area contributed by atoms with Crippen LogP contribution in [0.4, 0.5) is 10.2 Å². The highest BCUT2D eigenvalue weighted by atomic mass is 35.5. The molecule has 0 radical (unpaired) electrons. The molecule has 0 unspecified atom stereocenters. The average molecular weight is 440 g/mol. The molecular weight excluding hydrogens is 408 g/mol. The summed E-state index contributed by atoms with van der Waals surface area (Å²) in [5.74, 6) is 0.927. The Balaban J connectivity index is 0.00000150. The number of aromatic nitrogens is 1. The summed E-state index contributed by atoms with van der Waals surface area (Å²) in [7, 11) is 0. The zero-order valence-corrected chi connectivity index (χ0v) is 18.8. The maximum Gasteiger partial charge on any atom is 0.129 e. The molecule has 1 fully saturated rings. The number of halogens is 3. The number of rotatable bonds is 3. The molecule has 1 saturated heterocycles. The summed E-state index contributed by atoms with van der Waals surface area (Å²) >= 11 is 0. The molecule has 2 heterocycles. The first-order chi connectivity index (χ1) is 13.2. The second kappa shape index (κ2) is 11.1. The maximum atomic E-state index is 13.5. The summed E-state index contributed by atoms with van der Waals surface area (Å²) < 4.78 is 13.5. The number of anilines is 1. The summed E-state index contributed by atoms with van der Waals surface area (Å²) in [4.78, 5) is 10.0. The van der Waals surface area contributed by atoms with Crippen LogP contribution in [0.5, 0.6) is 0 Å². The van der Waals surface area contributed by atoms with Crippen molar-refractivity contribution in [3.05, 3.63) is 47.4 Å². The van der Waals surface area contributed by atoms with Gasteiger partial charge in [-0.25, -0.2) is 9.37 Å². The normalized spacial score (nSPS) is 17.4. The Bertz CT molecular complexity index is 774. The molecule has 2 aliphatic rings. The third kappa shape index (κ3) is 5.62. The van der Waals surface area contributed by atoms with Gasteiger partial charge >= 0.3 is 0 Å². The zero-order chi connectivity index (χ0) is 18.6. The Kier molecular flexibility index (Phi) is 9.19. The number of hydrogen-bond donors (Lipinski definition) is 0. The van der Waals surface area contributed by atoms with Crippen LogP contribution in [0.25, 0.3) is 11.1 Å². The van der Waals surface area contributed by atoms with Crippen LogP contribution in [0.3, 0.4) is 0 Å². The lowest BCUT2D eigenvalue weighted by Gasteiger charge is -2.35. The van der Waals surface area contributed by atoms with Crippen LogP contribution in [0, 0.1) is 5.82 Å². The SMILES string of the molecule is CCN1CCN(c2cc(-c3ccc(F)cc3)c3c(n2)CCCCCC3)CC1.Cl.Cl. The molecule has 2 aromatic rings. The predicted molar refractivity (Wildman–Crippen MR) is 124 cm³/mol. The van der Waals surface area contributed by atoms with Crippen LogP contribution in [-0.4, -0.2) is 42.6 Å². The first kappa shape index (κ1) is 23.9. The molecule has 29 heavy (non-hydrogen) atoms. The van der Waals surface area contributed by atoms with Gasteiger partial charge in [-0.1, -0.05) is 31.9 Å². The van der Waals surface area contributed by atoms with Gasteiger partial charge in [-0.2, -0.15) is 0 Å². The largest absolute Gasteiger partial charge is 0.354 e. The van der Waals surface area contributed by atoms with Crippen LogP contribution in [0.15, 0.2) is 30.3 Å². The van der Waals surface area contributed by atoms with E-state index < -0.39 is 0 Å². The van der Waals surface area contributed by atoms with Crippen molar-refractivity contribution >= 4 is 30.6 Å². The van der Waals surface area contributed by atoms with E-state index in [-0.39, 0.29) is 30.6 Å². The number of benzene rings is 1. The molecule has 1 aromatic heterocycles. The van der Waals surface area contributed by atoms with Crippen LogP contribution in [-0.2, 0) is 12.8 Å². The lowest BCUT2D eigenvalue weighted by Crippen LogP contribution is -2.46. The lowest BCUT2D eigenvalue weighted by molar-refractivity contribution is 0.270. The minimum atomic E-state index is -0.174.